The number of rotatable bonds is 3. The first-order valence-electron chi connectivity index (χ1n) is 5.14. The van der Waals surface area contributed by atoms with Crippen molar-refractivity contribution in [3.05, 3.63) is 28.8 Å². The van der Waals surface area contributed by atoms with E-state index >= 15 is 0 Å². The van der Waals surface area contributed by atoms with Crippen LogP contribution in [0.25, 0.3) is 0 Å². The molecule has 100 valence electrons. The molecule has 0 aromatic heterocycles. The molecule has 0 spiro atoms. The second-order valence-electron chi connectivity index (χ2n) is 3.38. The van der Waals surface area contributed by atoms with Gasteiger partial charge < -0.3 is 10.8 Å². The molecule has 0 radical (unpaired) electrons. The average Bonchev–Trinajstić information content (AvgIpc) is 2.29. The van der Waals surface area contributed by atoms with Crippen molar-refractivity contribution < 1.29 is 9.90 Å². The van der Waals surface area contributed by atoms with Crippen LogP contribution in [-0.4, -0.2) is 23.5 Å². The fourth-order valence-corrected chi connectivity index (χ4v) is 1.32. The van der Waals surface area contributed by atoms with Crippen molar-refractivity contribution in [1.29, 1.82) is 0 Å². The van der Waals surface area contributed by atoms with Gasteiger partial charge in [-0.2, -0.15) is 0 Å². The highest BCUT2D eigenvalue weighted by molar-refractivity contribution is 6.31. The van der Waals surface area contributed by atoms with Gasteiger partial charge in [0.05, 0.1) is 5.56 Å². The summed E-state index contributed by atoms with van der Waals surface area (Å²) in [6, 6.07) is 4.19. The van der Waals surface area contributed by atoms with Gasteiger partial charge in [-0.05, 0) is 24.6 Å². The number of guanidine groups is 1. The molecule has 0 aliphatic heterocycles. The highest BCUT2D eigenvalue weighted by Crippen LogP contribution is 2.21. The maximum Gasteiger partial charge on any atom is 0.261 e. The van der Waals surface area contributed by atoms with Crippen molar-refractivity contribution in [1.82, 2.24) is 5.32 Å². The van der Waals surface area contributed by atoms with E-state index in [2.05, 4.69) is 10.3 Å². The van der Waals surface area contributed by atoms with E-state index in [0.717, 1.165) is 6.42 Å². The summed E-state index contributed by atoms with van der Waals surface area (Å²) in [5.41, 5.74) is 5.55. The Morgan fingerprint density at radius 3 is 2.83 bits per heavy atom. The minimum absolute atomic E-state index is 0. The maximum atomic E-state index is 11.7. The predicted molar refractivity (Wildman–Crippen MR) is 74.6 cm³/mol. The van der Waals surface area contributed by atoms with Crippen LogP contribution in [0.5, 0.6) is 5.75 Å². The van der Waals surface area contributed by atoms with E-state index < -0.39 is 5.91 Å². The van der Waals surface area contributed by atoms with Crippen LogP contribution < -0.4 is 11.1 Å². The molecule has 0 unspecified atom stereocenters. The van der Waals surface area contributed by atoms with E-state index in [9.17, 15) is 9.90 Å². The van der Waals surface area contributed by atoms with Crippen molar-refractivity contribution >= 4 is 35.9 Å². The smallest absolute Gasteiger partial charge is 0.261 e. The van der Waals surface area contributed by atoms with Crippen molar-refractivity contribution in [3.8, 4) is 5.75 Å². The Hall–Kier alpha value is -1.46. The first-order valence-corrected chi connectivity index (χ1v) is 5.52. The Bertz CT molecular complexity index is 450. The average molecular weight is 292 g/mol. The largest absolute Gasteiger partial charge is 0.507 e. The van der Waals surface area contributed by atoms with Gasteiger partial charge in [-0.1, -0.05) is 18.5 Å². The molecule has 1 amide bonds. The second kappa shape index (κ2) is 7.79. The fourth-order valence-electron chi connectivity index (χ4n) is 1.15. The molecule has 0 atom stereocenters. The monoisotopic (exact) mass is 291 g/mol. The lowest BCUT2D eigenvalue weighted by atomic mass is 10.2. The fraction of sp³-hybridized carbons (Fsp3) is 0.273. The number of hydrogen-bond acceptors (Lipinski definition) is 3. The number of aromatic hydroxyl groups is 1. The number of nitrogens with two attached hydrogens (primary N) is 1. The first-order chi connectivity index (χ1) is 8.04. The zero-order valence-electron chi connectivity index (χ0n) is 9.81. The van der Waals surface area contributed by atoms with Crippen molar-refractivity contribution in [3.63, 3.8) is 0 Å². The minimum atomic E-state index is -0.539. The normalized spacial score (nSPS) is 10.7. The van der Waals surface area contributed by atoms with Crippen molar-refractivity contribution in [2.24, 2.45) is 10.7 Å². The van der Waals surface area contributed by atoms with Crippen LogP contribution in [0.2, 0.25) is 5.02 Å². The lowest BCUT2D eigenvalue weighted by molar-refractivity contribution is 0.0974. The van der Waals surface area contributed by atoms with E-state index in [1.165, 1.54) is 18.2 Å². The molecule has 0 aliphatic carbocycles. The number of amides is 1. The molecule has 0 aliphatic rings. The number of carbonyl (C=O) groups is 1. The zero-order valence-corrected chi connectivity index (χ0v) is 11.4. The molecule has 0 saturated carbocycles. The van der Waals surface area contributed by atoms with E-state index in [-0.39, 0.29) is 29.7 Å². The van der Waals surface area contributed by atoms with Gasteiger partial charge in [0.1, 0.15) is 5.75 Å². The van der Waals surface area contributed by atoms with Crippen LogP contribution in [0, 0.1) is 0 Å². The molecule has 1 rings (SSSR count). The third-order valence-corrected chi connectivity index (χ3v) is 2.19. The summed E-state index contributed by atoms with van der Waals surface area (Å²) in [5, 5.41) is 12.2. The Kier molecular flexibility index (Phi) is 7.16. The number of nitrogens with zero attached hydrogens (tertiary/aromatic N) is 1. The maximum absolute atomic E-state index is 11.7. The number of aliphatic imine (C=N–C) groups is 1. The third kappa shape index (κ3) is 4.81. The SMILES string of the molecule is CCCN=C(N)NC(=O)c1cc(Cl)ccc1O.Cl. The standard InChI is InChI=1S/C11H14ClN3O2.ClH/c1-2-5-14-11(13)15-10(17)8-6-7(12)3-4-9(8)16;/h3-4,6,16H,2,5H2,1H3,(H3,13,14,15,17);1H. The van der Waals surface area contributed by atoms with Crippen LogP contribution in [0.1, 0.15) is 23.7 Å². The molecule has 7 heteroatoms. The number of phenols is 1. The molecule has 5 nitrogen and oxygen atoms in total. The highest BCUT2D eigenvalue weighted by atomic mass is 35.5. The summed E-state index contributed by atoms with van der Waals surface area (Å²) < 4.78 is 0. The van der Waals surface area contributed by atoms with Gasteiger partial charge in [0.15, 0.2) is 5.96 Å². The van der Waals surface area contributed by atoms with E-state index in [4.69, 9.17) is 17.3 Å². The van der Waals surface area contributed by atoms with Crippen molar-refractivity contribution in [2.45, 2.75) is 13.3 Å². The predicted octanol–water partition coefficient (Wildman–Crippen LogP) is 1.92. The molecule has 1 aromatic carbocycles. The molecule has 0 bridgehead atoms. The van der Waals surface area contributed by atoms with Crippen LogP contribution in [0.3, 0.4) is 0 Å². The highest BCUT2D eigenvalue weighted by Gasteiger charge is 2.12. The van der Waals surface area contributed by atoms with Gasteiger partial charge in [0.25, 0.3) is 5.91 Å². The summed E-state index contributed by atoms with van der Waals surface area (Å²) in [7, 11) is 0. The lowest BCUT2D eigenvalue weighted by Gasteiger charge is -2.06. The number of halogens is 2. The van der Waals surface area contributed by atoms with E-state index in [1.54, 1.807) is 0 Å². The summed E-state index contributed by atoms with van der Waals surface area (Å²) in [6.07, 6.45) is 0.832. The van der Waals surface area contributed by atoms with Gasteiger partial charge in [-0.3, -0.25) is 15.1 Å². The van der Waals surface area contributed by atoms with Gasteiger partial charge in [0, 0.05) is 11.6 Å². The second-order valence-corrected chi connectivity index (χ2v) is 3.82. The number of hydrogen-bond donors (Lipinski definition) is 3. The van der Waals surface area contributed by atoms with Crippen LogP contribution in [-0.2, 0) is 0 Å². The number of nitrogens with one attached hydrogen (secondary N) is 1. The Balaban J connectivity index is 0.00000289. The topological polar surface area (TPSA) is 87.7 Å². The van der Waals surface area contributed by atoms with E-state index in [1.807, 2.05) is 6.92 Å². The Morgan fingerprint density at radius 1 is 1.56 bits per heavy atom. The molecule has 0 heterocycles. The lowest BCUT2D eigenvalue weighted by Crippen LogP contribution is -2.37. The summed E-state index contributed by atoms with van der Waals surface area (Å²) >= 11 is 5.73. The number of phenolic OH excluding ortho intramolecular Hbond substituents is 1. The molecule has 4 N–H and O–H groups in total. The molecular formula is C11H15Cl2N3O2. The van der Waals surface area contributed by atoms with Gasteiger partial charge >= 0.3 is 0 Å². The molecule has 1 aromatic rings. The van der Waals surface area contributed by atoms with Crippen LogP contribution in [0.4, 0.5) is 0 Å². The van der Waals surface area contributed by atoms with Gasteiger partial charge in [0.2, 0.25) is 0 Å². The molecule has 18 heavy (non-hydrogen) atoms. The number of benzene rings is 1. The zero-order chi connectivity index (χ0) is 12.8. The first kappa shape index (κ1) is 16.5. The molecular weight excluding hydrogens is 277 g/mol. The molecule has 0 fully saturated rings. The summed E-state index contributed by atoms with van der Waals surface area (Å²) in [5.74, 6) is -0.672. The van der Waals surface area contributed by atoms with E-state index in [0.29, 0.717) is 11.6 Å². The molecule has 0 saturated heterocycles. The summed E-state index contributed by atoms with van der Waals surface area (Å²) in [6.45, 7) is 2.48. The third-order valence-electron chi connectivity index (χ3n) is 1.95. The van der Waals surface area contributed by atoms with Gasteiger partial charge in [-0.15, -0.1) is 12.4 Å². The quantitative estimate of drug-likeness (QED) is 0.587. The minimum Gasteiger partial charge on any atom is -0.507 e. The number of carbonyl (C=O) groups excluding carboxylic acids is 1. The van der Waals surface area contributed by atoms with Crippen molar-refractivity contribution in [2.75, 3.05) is 6.54 Å². The van der Waals surface area contributed by atoms with Crippen LogP contribution >= 0.6 is 24.0 Å². The Labute approximate surface area is 116 Å². The van der Waals surface area contributed by atoms with Gasteiger partial charge in [-0.25, -0.2) is 0 Å². The van der Waals surface area contributed by atoms with Crippen LogP contribution in [0.15, 0.2) is 23.2 Å². The Morgan fingerprint density at radius 2 is 2.22 bits per heavy atom. The summed E-state index contributed by atoms with van der Waals surface area (Å²) in [4.78, 5) is 15.6.